The first-order valence-corrected chi connectivity index (χ1v) is 5.29. The summed E-state index contributed by atoms with van der Waals surface area (Å²) in [4.78, 5) is 20.9. The normalized spacial score (nSPS) is 13.9. The fourth-order valence-electron chi connectivity index (χ4n) is 0.879. The van der Waals surface area contributed by atoms with Gasteiger partial charge in [0.1, 0.15) is 6.29 Å². The molecule has 0 rings (SSSR count). The van der Waals surface area contributed by atoms with E-state index in [9.17, 15) is 9.59 Å². The first kappa shape index (κ1) is 15.1. The Kier molecular flexibility index (Phi) is 6.56. The Bertz CT molecular complexity index is 382. The number of allylic oxidation sites excluding steroid dienone is 7. The van der Waals surface area contributed by atoms with Crippen LogP contribution >= 0.6 is 0 Å². The van der Waals surface area contributed by atoms with E-state index in [1.807, 2.05) is 0 Å². The number of carbonyl (C=O) groups excluding carboxylic acids is 1. The lowest BCUT2D eigenvalue weighted by atomic mass is 9.85. The van der Waals surface area contributed by atoms with Gasteiger partial charge in [-0.1, -0.05) is 42.0 Å². The summed E-state index contributed by atoms with van der Waals surface area (Å²) >= 11 is 0. The maximum absolute atomic E-state index is 10.9. The number of hydrogen-bond acceptors (Lipinski definition) is 2. The zero-order chi connectivity index (χ0) is 13.3. The summed E-state index contributed by atoms with van der Waals surface area (Å²) in [5.74, 6) is -0.843. The first-order chi connectivity index (χ1) is 7.92. The molecule has 0 aromatic heterocycles. The van der Waals surface area contributed by atoms with Crippen molar-refractivity contribution in [3.05, 3.63) is 48.1 Å². The minimum absolute atomic E-state index is 0.702. The molecule has 0 saturated carbocycles. The van der Waals surface area contributed by atoms with Gasteiger partial charge in [-0.25, -0.2) is 0 Å². The van der Waals surface area contributed by atoms with Crippen LogP contribution in [-0.2, 0) is 9.59 Å². The van der Waals surface area contributed by atoms with Crippen molar-refractivity contribution in [2.75, 3.05) is 0 Å². The number of carboxylic acids is 1. The van der Waals surface area contributed by atoms with Crippen molar-refractivity contribution < 1.29 is 14.7 Å². The number of carboxylic acid groups (broad SMARTS) is 1. The fourth-order valence-corrected chi connectivity index (χ4v) is 0.879. The molecular formula is C14H18O3. The number of rotatable bonds is 6. The van der Waals surface area contributed by atoms with E-state index in [2.05, 4.69) is 0 Å². The van der Waals surface area contributed by atoms with Gasteiger partial charge in [-0.2, -0.15) is 0 Å². The van der Waals surface area contributed by atoms with Crippen molar-refractivity contribution >= 4 is 12.3 Å². The molecule has 0 saturated heterocycles. The summed E-state index contributed by atoms with van der Waals surface area (Å²) in [6.07, 6.45) is 12.5. The van der Waals surface area contributed by atoms with Gasteiger partial charge >= 0.3 is 5.97 Å². The molecule has 0 aromatic carbocycles. The third-order valence-electron chi connectivity index (χ3n) is 2.50. The van der Waals surface area contributed by atoms with E-state index in [1.54, 1.807) is 57.2 Å². The van der Waals surface area contributed by atoms with E-state index in [-0.39, 0.29) is 0 Å². The lowest BCUT2D eigenvalue weighted by Gasteiger charge is -2.19. The Morgan fingerprint density at radius 1 is 1.00 bits per heavy atom. The van der Waals surface area contributed by atoms with E-state index in [0.717, 1.165) is 5.57 Å². The van der Waals surface area contributed by atoms with Crippen LogP contribution < -0.4 is 0 Å². The summed E-state index contributed by atoms with van der Waals surface area (Å²) in [5, 5.41) is 8.99. The minimum atomic E-state index is -0.856. The van der Waals surface area contributed by atoms with Crippen LogP contribution in [0.2, 0.25) is 0 Å². The average molecular weight is 234 g/mol. The summed E-state index contributed by atoms with van der Waals surface area (Å²) in [6.45, 7) is 5.11. The molecule has 0 radical (unpaired) electrons. The van der Waals surface area contributed by atoms with Gasteiger partial charge in [-0.3, -0.25) is 9.59 Å². The molecule has 0 atom stereocenters. The molecule has 0 aromatic rings. The highest BCUT2D eigenvalue weighted by Gasteiger charge is 2.28. The quantitative estimate of drug-likeness (QED) is 0.437. The highest BCUT2D eigenvalue weighted by molar-refractivity contribution is 5.77. The van der Waals surface area contributed by atoms with Crippen LogP contribution in [0.3, 0.4) is 0 Å². The van der Waals surface area contributed by atoms with Crippen LogP contribution in [0.5, 0.6) is 0 Å². The summed E-state index contributed by atoms with van der Waals surface area (Å²) in [7, 11) is 0. The Morgan fingerprint density at radius 3 is 1.94 bits per heavy atom. The van der Waals surface area contributed by atoms with Crippen LogP contribution in [0.25, 0.3) is 0 Å². The molecule has 0 spiro atoms. The van der Waals surface area contributed by atoms with Gasteiger partial charge in [-0.15, -0.1) is 0 Å². The van der Waals surface area contributed by atoms with Gasteiger partial charge in [0.2, 0.25) is 0 Å². The Labute approximate surface area is 102 Å². The van der Waals surface area contributed by atoms with Crippen molar-refractivity contribution in [2.24, 2.45) is 5.41 Å². The van der Waals surface area contributed by atoms with Gasteiger partial charge in [0.25, 0.3) is 0 Å². The summed E-state index contributed by atoms with van der Waals surface area (Å²) in [6, 6.07) is 0. The second kappa shape index (κ2) is 7.39. The van der Waals surface area contributed by atoms with Crippen LogP contribution in [-0.4, -0.2) is 17.4 Å². The van der Waals surface area contributed by atoms with Crippen molar-refractivity contribution in [3.8, 4) is 0 Å². The average Bonchev–Trinajstić information content (AvgIpc) is 2.27. The zero-order valence-electron chi connectivity index (χ0n) is 10.4. The molecule has 1 N–H and O–H groups in total. The molecule has 3 nitrogen and oxygen atoms in total. The third kappa shape index (κ3) is 5.66. The minimum Gasteiger partial charge on any atom is -0.481 e. The predicted octanol–water partition coefficient (Wildman–Crippen LogP) is 2.91. The Balaban J connectivity index is 4.48. The van der Waals surface area contributed by atoms with E-state index >= 15 is 0 Å². The molecule has 0 bridgehead atoms. The van der Waals surface area contributed by atoms with Gasteiger partial charge in [0, 0.05) is 0 Å². The number of aliphatic carboxylic acids is 1. The van der Waals surface area contributed by atoms with Crippen LogP contribution in [0, 0.1) is 5.41 Å². The molecular weight excluding hydrogens is 216 g/mol. The smallest absolute Gasteiger partial charge is 0.313 e. The van der Waals surface area contributed by atoms with Crippen molar-refractivity contribution in [1.82, 2.24) is 0 Å². The maximum atomic E-state index is 10.9. The van der Waals surface area contributed by atoms with E-state index in [1.165, 1.54) is 6.08 Å². The molecule has 3 heteroatoms. The fraction of sp³-hybridized carbons (Fsp3) is 0.286. The lowest BCUT2D eigenvalue weighted by molar-refractivity contribution is -0.144. The number of aldehydes is 1. The standard InChI is InChI=1S/C14H18O3/c1-12(14(2,3)13(16)17)10-8-6-4-5-7-9-11-15/h4-11H,1-3H3,(H,16,17). The second-order valence-electron chi connectivity index (χ2n) is 4.07. The molecule has 0 fully saturated rings. The summed E-state index contributed by atoms with van der Waals surface area (Å²) < 4.78 is 0. The van der Waals surface area contributed by atoms with Crippen molar-refractivity contribution in [3.63, 3.8) is 0 Å². The monoisotopic (exact) mass is 234 g/mol. The highest BCUT2D eigenvalue weighted by atomic mass is 16.4. The SMILES string of the molecule is CC(=CC=CC=CC=CC=O)C(C)(C)C(=O)O. The van der Waals surface area contributed by atoms with E-state index in [0.29, 0.717) is 6.29 Å². The molecule has 17 heavy (non-hydrogen) atoms. The van der Waals surface area contributed by atoms with E-state index < -0.39 is 11.4 Å². The number of hydrogen-bond donors (Lipinski definition) is 1. The van der Waals surface area contributed by atoms with Crippen LogP contribution in [0.4, 0.5) is 0 Å². The van der Waals surface area contributed by atoms with Gasteiger partial charge in [0.15, 0.2) is 0 Å². The second-order valence-corrected chi connectivity index (χ2v) is 4.07. The number of carbonyl (C=O) groups is 2. The molecule has 0 aliphatic carbocycles. The largest absolute Gasteiger partial charge is 0.481 e. The topological polar surface area (TPSA) is 54.4 Å². The van der Waals surface area contributed by atoms with Crippen molar-refractivity contribution in [1.29, 1.82) is 0 Å². The first-order valence-electron chi connectivity index (χ1n) is 5.29. The Morgan fingerprint density at radius 2 is 1.47 bits per heavy atom. The Hall–Kier alpha value is -1.90. The third-order valence-corrected chi connectivity index (χ3v) is 2.50. The molecule has 92 valence electrons. The van der Waals surface area contributed by atoms with Gasteiger partial charge in [-0.05, 0) is 26.8 Å². The van der Waals surface area contributed by atoms with Gasteiger partial charge < -0.3 is 5.11 Å². The van der Waals surface area contributed by atoms with Crippen LogP contribution in [0.15, 0.2) is 48.1 Å². The molecule has 0 unspecified atom stereocenters. The van der Waals surface area contributed by atoms with Gasteiger partial charge in [0.05, 0.1) is 5.41 Å². The summed E-state index contributed by atoms with van der Waals surface area (Å²) in [5.41, 5.74) is -0.0797. The zero-order valence-corrected chi connectivity index (χ0v) is 10.4. The molecule has 0 heterocycles. The van der Waals surface area contributed by atoms with E-state index in [4.69, 9.17) is 5.11 Å². The molecule has 0 amide bonds. The predicted molar refractivity (Wildman–Crippen MR) is 68.7 cm³/mol. The van der Waals surface area contributed by atoms with Crippen LogP contribution in [0.1, 0.15) is 20.8 Å². The molecule has 0 aliphatic heterocycles. The maximum Gasteiger partial charge on any atom is 0.313 e. The van der Waals surface area contributed by atoms with Crippen molar-refractivity contribution in [2.45, 2.75) is 20.8 Å². The molecule has 0 aliphatic rings. The highest BCUT2D eigenvalue weighted by Crippen LogP contribution is 2.25. The lowest BCUT2D eigenvalue weighted by Crippen LogP contribution is -2.24.